The first-order valence-corrected chi connectivity index (χ1v) is 14.8. The molecule has 0 bridgehead atoms. The number of aromatic nitrogens is 4. The molecule has 1 aromatic carbocycles. The minimum atomic E-state index is -0.870. The molecule has 0 radical (unpaired) electrons. The second-order valence-electron chi connectivity index (χ2n) is 11.9. The number of hydrogen-bond acceptors (Lipinski definition) is 9. The monoisotopic (exact) mass is 606 g/mol. The highest BCUT2D eigenvalue weighted by molar-refractivity contribution is 5.96. The SMILES string of the molecule is CNC(=O)c1nn(C)c2c1C(C)(C)Cc1cnc(Nc3ccc(N4CCN(C)CC4)cc3)nc1-2.O=C(O)CCCCC(=O)O. The van der Waals surface area contributed by atoms with Gasteiger partial charge in [0.1, 0.15) is 0 Å². The average Bonchev–Trinajstić information content (AvgIpc) is 3.35. The van der Waals surface area contributed by atoms with Gasteiger partial charge in [-0.25, -0.2) is 9.97 Å². The third-order valence-corrected chi connectivity index (χ3v) is 7.91. The summed E-state index contributed by atoms with van der Waals surface area (Å²) < 4.78 is 1.77. The van der Waals surface area contributed by atoms with Gasteiger partial charge >= 0.3 is 11.9 Å². The summed E-state index contributed by atoms with van der Waals surface area (Å²) in [5.74, 6) is -1.39. The summed E-state index contributed by atoms with van der Waals surface area (Å²) in [7, 11) is 5.66. The Labute approximate surface area is 257 Å². The van der Waals surface area contributed by atoms with Crippen LogP contribution < -0.4 is 15.5 Å². The lowest BCUT2D eigenvalue weighted by atomic mass is 9.73. The fourth-order valence-corrected chi connectivity index (χ4v) is 5.58. The van der Waals surface area contributed by atoms with Crippen molar-refractivity contribution in [1.29, 1.82) is 0 Å². The number of fused-ring (bicyclic) bond motifs is 3. The number of aliphatic carboxylic acids is 2. The van der Waals surface area contributed by atoms with Crippen LogP contribution in [0.4, 0.5) is 17.3 Å². The van der Waals surface area contributed by atoms with Gasteiger partial charge in [-0.1, -0.05) is 13.8 Å². The largest absolute Gasteiger partial charge is 0.481 e. The van der Waals surface area contributed by atoms with Gasteiger partial charge in [0.25, 0.3) is 5.91 Å². The number of likely N-dealkylation sites (N-methyl/N-ethyl adjacent to an activating group) is 1. The normalized spacial score (nSPS) is 15.3. The molecule has 236 valence electrons. The van der Waals surface area contributed by atoms with E-state index >= 15 is 0 Å². The number of carbonyl (C=O) groups excluding carboxylic acids is 1. The van der Waals surface area contributed by atoms with Crippen LogP contribution >= 0.6 is 0 Å². The number of aryl methyl sites for hydroxylation is 1. The Morgan fingerprint density at radius 3 is 2.14 bits per heavy atom. The van der Waals surface area contributed by atoms with E-state index in [0.717, 1.165) is 60.8 Å². The first-order valence-electron chi connectivity index (χ1n) is 14.8. The third kappa shape index (κ3) is 7.70. The number of amides is 1. The molecule has 13 nitrogen and oxygen atoms in total. The maximum absolute atomic E-state index is 12.5. The minimum absolute atomic E-state index is 0.0628. The Morgan fingerprint density at radius 2 is 1.57 bits per heavy atom. The summed E-state index contributed by atoms with van der Waals surface area (Å²) in [5, 5.41) is 26.9. The van der Waals surface area contributed by atoms with E-state index in [9.17, 15) is 14.4 Å². The number of carboxylic acids is 2. The highest BCUT2D eigenvalue weighted by Crippen LogP contribution is 2.43. The van der Waals surface area contributed by atoms with Gasteiger partial charge in [0.05, 0.1) is 11.4 Å². The number of carbonyl (C=O) groups is 3. The summed E-state index contributed by atoms with van der Waals surface area (Å²) in [5.41, 5.74) is 6.06. The summed E-state index contributed by atoms with van der Waals surface area (Å²) in [4.78, 5) is 46.5. The fourth-order valence-electron chi connectivity index (χ4n) is 5.58. The number of piperazine rings is 1. The third-order valence-electron chi connectivity index (χ3n) is 7.91. The molecule has 44 heavy (non-hydrogen) atoms. The van der Waals surface area contributed by atoms with Gasteiger partial charge in [-0.2, -0.15) is 5.10 Å². The van der Waals surface area contributed by atoms with E-state index in [1.165, 1.54) is 5.69 Å². The zero-order valence-electron chi connectivity index (χ0n) is 26.1. The van der Waals surface area contributed by atoms with Gasteiger partial charge in [-0.05, 0) is 61.6 Å². The van der Waals surface area contributed by atoms with E-state index in [2.05, 4.69) is 75.7 Å². The van der Waals surface area contributed by atoms with Crippen LogP contribution in [0.3, 0.4) is 0 Å². The Bertz CT molecular complexity index is 1480. The second kappa shape index (κ2) is 13.8. The van der Waals surface area contributed by atoms with Crippen molar-refractivity contribution in [3.05, 3.63) is 47.3 Å². The predicted octanol–water partition coefficient (Wildman–Crippen LogP) is 3.28. The van der Waals surface area contributed by atoms with Crippen molar-refractivity contribution in [1.82, 2.24) is 30.0 Å². The molecule has 0 saturated carbocycles. The van der Waals surface area contributed by atoms with Crippen LogP contribution in [-0.4, -0.2) is 93.0 Å². The molecule has 13 heteroatoms. The molecule has 0 atom stereocenters. The van der Waals surface area contributed by atoms with Crippen molar-refractivity contribution in [2.45, 2.75) is 51.4 Å². The molecule has 1 aliphatic carbocycles. The lowest BCUT2D eigenvalue weighted by molar-refractivity contribution is -0.139. The van der Waals surface area contributed by atoms with Crippen LogP contribution in [0.15, 0.2) is 30.5 Å². The van der Waals surface area contributed by atoms with Gasteiger partial charge in [-0.3, -0.25) is 19.1 Å². The van der Waals surface area contributed by atoms with Crippen molar-refractivity contribution < 1.29 is 24.6 Å². The molecule has 3 heterocycles. The van der Waals surface area contributed by atoms with Crippen LogP contribution in [0.1, 0.15) is 61.1 Å². The van der Waals surface area contributed by atoms with Crippen molar-refractivity contribution in [3.8, 4) is 11.4 Å². The average molecular weight is 607 g/mol. The summed E-state index contributed by atoms with van der Waals surface area (Å²) >= 11 is 0. The number of carboxylic acid groups (broad SMARTS) is 2. The van der Waals surface area contributed by atoms with E-state index in [1.54, 1.807) is 11.7 Å². The first-order chi connectivity index (χ1) is 20.9. The van der Waals surface area contributed by atoms with Gasteiger partial charge in [0.2, 0.25) is 5.95 Å². The van der Waals surface area contributed by atoms with Crippen LogP contribution in [-0.2, 0) is 28.5 Å². The summed E-state index contributed by atoms with van der Waals surface area (Å²) in [6.07, 6.45) is 3.65. The predicted molar refractivity (Wildman–Crippen MR) is 168 cm³/mol. The summed E-state index contributed by atoms with van der Waals surface area (Å²) in [6, 6.07) is 8.42. The van der Waals surface area contributed by atoms with E-state index in [1.807, 2.05) is 13.2 Å². The summed E-state index contributed by atoms with van der Waals surface area (Å²) in [6.45, 7) is 8.51. The number of benzene rings is 1. The Morgan fingerprint density at radius 1 is 0.955 bits per heavy atom. The molecule has 1 aliphatic heterocycles. The number of rotatable bonds is 9. The van der Waals surface area contributed by atoms with Crippen LogP contribution in [0.25, 0.3) is 11.4 Å². The lowest BCUT2D eigenvalue weighted by Gasteiger charge is -2.34. The van der Waals surface area contributed by atoms with Crippen LogP contribution in [0.2, 0.25) is 0 Å². The molecular weight excluding hydrogens is 564 g/mol. The maximum Gasteiger partial charge on any atom is 0.303 e. The molecular formula is C31H42N8O5. The van der Waals surface area contributed by atoms with Crippen molar-refractivity contribution in [2.75, 3.05) is 50.5 Å². The van der Waals surface area contributed by atoms with Crippen molar-refractivity contribution in [3.63, 3.8) is 0 Å². The number of hydrogen-bond donors (Lipinski definition) is 4. The molecule has 4 N–H and O–H groups in total. The molecule has 1 fully saturated rings. The Kier molecular flexibility index (Phi) is 10.2. The highest BCUT2D eigenvalue weighted by atomic mass is 16.4. The van der Waals surface area contributed by atoms with Gasteiger partial charge < -0.3 is 30.6 Å². The minimum Gasteiger partial charge on any atom is -0.481 e. The number of anilines is 3. The number of unbranched alkanes of at least 4 members (excludes halogenated alkanes) is 1. The van der Waals surface area contributed by atoms with Crippen LogP contribution in [0, 0.1) is 0 Å². The molecule has 5 rings (SSSR count). The molecule has 2 aliphatic rings. The number of nitrogens with zero attached hydrogens (tertiary/aromatic N) is 6. The standard InChI is InChI=1S/C25H32N8O.C6H10O4/c1-25(2)14-16-15-27-24(29-20(16)22-19(25)21(23(34)26-3)30-32(22)5)28-17-6-8-18(9-7-17)33-12-10-31(4)11-13-33;7-5(8)3-1-2-4-6(9)10/h6-9,15H,10-14H2,1-5H3,(H,26,34)(H,27,28,29);1-4H2,(H,7,8)(H,9,10). The zero-order chi connectivity index (χ0) is 32.0. The van der Waals surface area contributed by atoms with Crippen LogP contribution in [0.5, 0.6) is 0 Å². The van der Waals surface area contributed by atoms with Gasteiger partial charge in [0, 0.05) is 76.3 Å². The van der Waals surface area contributed by atoms with E-state index in [4.69, 9.17) is 15.2 Å². The Balaban J connectivity index is 0.000000382. The number of nitrogens with one attached hydrogen (secondary N) is 2. The zero-order valence-corrected chi connectivity index (χ0v) is 26.1. The first kappa shape index (κ1) is 32.4. The molecule has 0 spiro atoms. The molecule has 3 aromatic rings. The van der Waals surface area contributed by atoms with Gasteiger partial charge in [0.15, 0.2) is 5.69 Å². The van der Waals surface area contributed by atoms with E-state index in [-0.39, 0.29) is 24.2 Å². The van der Waals surface area contributed by atoms with Gasteiger partial charge in [-0.15, -0.1) is 0 Å². The topological polar surface area (TPSA) is 166 Å². The fraction of sp³-hybridized carbons (Fsp3) is 0.484. The van der Waals surface area contributed by atoms with E-state index in [0.29, 0.717) is 24.5 Å². The molecule has 0 unspecified atom stereocenters. The smallest absolute Gasteiger partial charge is 0.303 e. The molecule has 1 saturated heterocycles. The Hall–Kier alpha value is -4.52. The van der Waals surface area contributed by atoms with Crippen molar-refractivity contribution >= 4 is 35.2 Å². The lowest BCUT2D eigenvalue weighted by Crippen LogP contribution is -2.44. The highest BCUT2D eigenvalue weighted by Gasteiger charge is 2.39. The molecule has 2 aromatic heterocycles. The maximum atomic E-state index is 12.5. The molecule has 1 amide bonds. The second-order valence-corrected chi connectivity index (χ2v) is 11.9. The van der Waals surface area contributed by atoms with Crippen molar-refractivity contribution in [2.24, 2.45) is 7.05 Å². The quantitative estimate of drug-likeness (QED) is 0.264. The van der Waals surface area contributed by atoms with E-state index < -0.39 is 11.9 Å².